The van der Waals surface area contributed by atoms with Gasteiger partial charge < -0.3 is 19.7 Å². The van der Waals surface area contributed by atoms with Crippen LogP contribution in [0.25, 0.3) is 10.2 Å². The number of carbonyl (C=O) groups is 2. The van der Waals surface area contributed by atoms with E-state index in [1.165, 1.54) is 44.9 Å². The first kappa shape index (κ1) is 22.9. The molecule has 1 N–H and O–H groups in total. The van der Waals surface area contributed by atoms with Crippen molar-refractivity contribution in [1.82, 2.24) is 19.7 Å². The van der Waals surface area contributed by atoms with E-state index in [4.69, 9.17) is 0 Å². The van der Waals surface area contributed by atoms with Gasteiger partial charge in [-0.05, 0) is 76.2 Å². The molecule has 7 heteroatoms. The number of nitrogens with zero attached hydrogens (tertiary/aromatic N) is 3. The number of hydrogen-bond acceptors (Lipinski definition) is 4. The van der Waals surface area contributed by atoms with Crippen molar-refractivity contribution in [2.75, 3.05) is 26.2 Å². The quantitative estimate of drug-likeness (QED) is 0.626. The molecule has 180 valence electrons. The number of hydrogen-bond donors (Lipinski definition) is 1. The maximum atomic E-state index is 13.8. The highest BCUT2D eigenvalue weighted by Crippen LogP contribution is 2.35. The van der Waals surface area contributed by atoms with Crippen LogP contribution in [0.4, 0.5) is 0 Å². The van der Waals surface area contributed by atoms with Gasteiger partial charge in [0.05, 0.1) is 16.8 Å². The van der Waals surface area contributed by atoms with Crippen LogP contribution in [-0.4, -0.2) is 63.9 Å². The summed E-state index contributed by atoms with van der Waals surface area (Å²) in [6.45, 7) is 6.46. The molecule has 0 radical (unpaired) electrons. The van der Waals surface area contributed by atoms with Gasteiger partial charge in [0.2, 0.25) is 5.91 Å². The largest absolute Gasteiger partial charge is 0.351 e. The number of thiophene rings is 1. The summed E-state index contributed by atoms with van der Waals surface area (Å²) in [7, 11) is 0. The highest BCUT2D eigenvalue weighted by molar-refractivity contribution is 7.17. The highest BCUT2D eigenvalue weighted by atomic mass is 32.1. The van der Waals surface area contributed by atoms with Gasteiger partial charge in [0.15, 0.2) is 0 Å². The zero-order chi connectivity index (χ0) is 22.8. The Balaban J connectivity index is 1.38. The number of rotatable bonds is 6. The number of fused-ring (bicyclic) bond motifs is 3. The fourth-order valence-electron chi connectivity index (χ4n) is 6.02. The maximum absolute atomic E-state index is 13.8. The predicted molar refractivity (Wildman–Crippen MR) is 134 cm³/mol. The van der Waals surface area contributed by atoms with Gasteiger partial charge in [0, 0.05) is 12.6 Å². The Bertz CT molecular complexity index is 984. The van der Waals surface area contributed by atoms with Crippen LogP contribution in [0.15, 0.2) is 17.5 Å². The van der Waals surface area contributed by atoms with Crippen LogP contribution in [0.2, 0.25) is 0 Å². The first-order valence-corrected chi connectivity index (χ1v) is 13.9. The Morgan fingerprint density at radius 2 is 1.82 bits per heavy atom. The van der Waals surface area contributed by atoms with Crippen molar-refractivity contribution in [3.8, 4) is 0 Å². The van der Waals surface area contributed by atoms with E-state index in [1.54, 1.807) is 11.3 Å². The lowest BCUT2D eigenvalue weighted by molar-refractivity contribution is -0.133. The molecule has 1 saturated carbocycles. The van der Waals surface area contributed by atoms with Gasteiger partial charge in [-0.1, -0.05) is 32.1 Å². The molecule has 0 spiro atoms. The molecule has 2 amide bonds. The predicted octanol–water partition coefficient (Wildman–Crippen LogP) is 4.63. The van der Waals surface area contributed by atoms with E-state index < -0.39 is 5.54 Å². The zero-order valence-electron chi connectivity index (χ0n) is 20.0. The number of amides is 2. The second-order valence-corrected chi connectivity index (χ2v) is 11.4. The second kappa shape index (κ2) is 9.79. The van der Waals surface area contributed by atoms with Gasteiger partial charge in [-0.15, -0.1) is 11.3 Å². The summed E-state index contributed by atoms with van der Waals surface area (Å²) in [6.07, 6.45) is 11.8. The van der Waals surface area contributed by atoms with Crippen molar-refractivity contribution in [2.24, 2.45) is 0 Å². The number of likely N-dealkylation sites (tertiary alicyclic amines) is 1. The van der Waals surface area contributed by atoms with Gasteiger partial charge in [-0.25, -0.2) is 0 Å². The normalized spacial score (nSPS) is 25.2. The summed E-state index contributed by atoms with van der Waals surface area (Å²) in [4.78, 5) is 32.0. The van der Waals surface area contributed by atoms with E-state index in [-0.39, 0.29) is 17.9 Å². The Morgan fingerprint density at radius 1 is 1.09 bits per heavy atom. The van der Waals surface area contributed by atoms with Gasteiger partial charge >= 0.3 is 0 Å². The van der Waals surface area contributed by atoms with Gasteiger partial charge in [0.1, 0.15) is 11.2 Å². The minimum absolute atomic E-state index is 0.00168. The molecular weight excluding hydrogens is 432 g/mol. The first-order valence-electron chi connectivity index (χ1n) is 13.0. The van der Waals surface area contributed by atoms with Gasteiger partial charge in [0.25, 0.3) is 5.91 Å². The summed E-state index contributed by atoms with van der Waals surface area (Å²) >= 11 is 1.66. The molecule has 1 saturated heterocycles. The van der Waals surface area contributed by atoms with Crippen LogP contribution < -0.4 is 5.32 Å². The van der Waals surface area contributed by atoms with Crippen molar-refractivity contribution < 1.29 is 9.59 Å². The number of aromatic nitrogens is 1. The average Bonchev–Trinajstić information content (AvgIpc) is 3.31. The monoisotopic (exact) mass is 470 g/mol. The average molecular weight is 471 g/mol. The first-order chi connectivity index (χ1) is 16.1. The third-order valence-corrected chi connectivity index (χ3v) is 8.89. The van der Waals surface area contributed by atoms with E-state index in [0.717, 1.165) is 54.8 Å². The Hall–Kier alpha value is -1.86. The molecule has 2 aromatic rings. The summed E-state index contributed by atoms with van der Waals surface area (Å²) < 4.78 is 3.21. The molecule has 4 heterocycles. The van der Waals surface area contributed by atoms with Crippen molar-refractivity contribution in [3.05, 3.63) is 23.2 Å². The lowest BCUT2D eigenvalue weighted by Gasteiger charge is -2.45. The molecule has 2 aliphatic heterocycles. The minimum atomic E-state index is -0.869. The van der Waals surface area contributed by atoms with Gasteiger partial charge in [-0.3, -0.25) is 9.59 Å². The molecule has 6 nitrogen and oxygen atoms in total. The van der Waals surface area contributed by atoms with E-state index in [1.807, 2.05) is 17.9 Å². The third-order valence-electron chi connectivity index (χ3n) is 8.03. The third kappa shape index (κ3) is 4.59. The summed E-state index contributed by atoms with van der Waals surface area (Å²) in [5.74, 6) is 0.0188. The molecule has 0 aromatic carbocycles. The second-order valence-electron chi connectivity index (χ2n) is 10.4. The van der Waals surface area contributed by atoms with E-state index >= 15 is 0 Å². The Morgan fingerprint density at radius 3 is 2.58 bits per heavy atom. The van der Waals surface area contributed by atoms with Crippen LogP contribution >= 0.6 is 11.3 Å². The number of piperidine rings is 1. The van der Waals surface area contributed by atoms with E-state index in [2.05, 4.69) is 26.2 Å². The number of carbonyl (C=O) groups excluding carboxylic acids is 2. The molecule has 3 aliphatic rings. The Labute approximate surface area is 201 Å². The molecule has 1 aliphatic carbocycles. The van der Waals surface area contributed by atoms with E-state index in [0.29, 0.717) is 13.1 Å². The molecule has 5 rings (SSSR count). The standard InChI is InChI=1S/C26H38N4O2S/c1-26(25(32)27-20-10-5-2-3-6-11-20)19-29-21-12-17-33-23(21)18-22(29)24(31)30(26)16-9-15-28-13-7-4-8-14-28/h12,17-18,20H,2-11,13-16,19H2,1H3,(H,27,32)/t26-/m1/s1. The molecule has 33 heavy (non-hydrogen) atoms. The topological polar surface area (TPSA) is 57.6 Å². The van der Waals surface area contributed by atoms with Crippen molar-refractivity contribution in [3.63, 3.8) is 0 Å². The smallest absolute Gasteiger partial charge is 0.271 e. The molecular formula is C26H38N4O2S. The van der Waals surface area contributed by atoms with E-state index in [9.17, 15) is 9.59 Å². The SMILES string of the molecule is C[C@]1(C(=O)NC2CCCCCC2)Cn2c(cc3sccc32)C(=O)N1CCCN1CCCCC1. The lowest BCUT2D eigenvalue weighted by atomic mass is 9.93. The van der Waals surface area contributed by atoms with Crippen LogP contribution in [-0.2, 0) is 11.3 Å². The van der Waals surface area contributed by atoms with Crippen molar-refractivity contribution in [2.45, 2.75) is 89.3 Å². The van der Waals surface area contributed by atoms with Crippen LogP contribution in [0.5, 0.6) is 0 Å². The molecule has 0 bridgehead atoms. The van der Waals surface area contributed by atoms with Crippen molar-refractivity contribution >= 4 is 33.4 Å². The maximum Gasteiger partial charge on any atom is 0.271 e. The van der Waals surface area contributed by atoms with Gasteiger partial charge in [-0.2, -0.15) is 0 Å². The summed E-state index contributed by atoms with van der Waals surface area (Å²) in [5.41, 5.74) is 0.936. The summed E-state index contributed by atoms with van der Waals surface area (Å²) in [5, 5.41) is 5.44. The minimum Gasteiger partial charge on any atom is -0.351 e. The van der Waals surface area contributed by atoms with Crippen LogP contribution in [0, 0.1) is 0 Å². The highest BCUT2D eigenvalue weighted by Gasteiger charge is 2.48. The van der Waals surface area contributed by atoms with Crippen LogP contribution in [0.3, 0.4) is 0 Å². The Kier molecular flexibility index (Phi) is 6.79. The fourth-order valence-corrected chi connectivity index (χ4v) is 6.85. The molecule has 2 aromatic heterocycles. The fraction of sp³-hybridized carbons (Fsp3) is 0.692. The summed E-state index contributed by atoms with van der Waals surface area (Å²) in [6, 6.07) is 4.32. The molecule has 0 unspecified atom stereocenters. The molecule has 1 atom stereocenters. The van der Waals surface area contributed by atoms with Crippen LogP contribution in [0.1, 0.15) is 81.6 Å². The number of nitrogens with one attached hydrogen (secondary N) is 1. The van der Waals surface area contributed by atoms with Crippen molar-refractivity contribution in [1.29, 1.82) is 0 Å². The zero-order valence-corrected chi connectivity index (χ0v) is 20.8. The molecule has 2 fully saturated rings. The lowest BCUT2D eigenvalue weighted by Crippen LogP contribution is -2.65.